The maximum Gasteiger partial charge on any atom is 0.246 e. The molecule has 0 N–H and O–H groups in total. The standard InChI is InChI=1S/C17H15BrN2O2S/c1-20(11-16-10-14(18)12-23-16)17(21)7-4-13-2-5-15(6-3-13)22-9-8-19/h2-7,10,12H,9,11H2,1H3. The second-order valence-corrected chi connectivity index (χ2v) is 6.69. The Bertz CT molecular complexity index is 732. The van der Waals surface area contributed by atoms with Crippen molar-refractivity contribution in [2.45, 2.75) is 6.54 Å². The zero-order chi connectivity index (χ0) is 16.7. The van der Waals surface area contributed by atoms with Crippen LogP contribution in [0.15, 0.2) is 46.3 Å². The fourth-order valence-corrected chi connectivity index (χ4v) is 3.34. The average Bonchev–Trinajstić information content (AvgIpc) is 2.96. The van der Waals surface area contributed by atoms with Gasteiger partial charge in [-0.2, -0.15) is 5.26 Å². The van der Waals surface area contributed by atoms with Gasteiger partial charge in [-0.3, -0.25) is 4.79 Å². The molecular weight excluding hydrogens is 376 g/mol. The molecule has 0 saturated carbocycles. The highest BCUT2D eigenvalue weighted by Crippen LogP contribution is 2.21. The Kier molecular flexibility index (Phi) is 6.39. The molecule has 0 aliphatic heterocycles. The summed E-state index contributed by atoms with van der Waals surface area (Å²) >= 11 is 5.02. The van der Waals surface area contributed by atoms with Gasteiger partial charge >= 0.3 is 0 Å². The maximum atomic E-state index is 12.1. The molecule has 4 nitrogen and oxygen atoms in total. The summed E-state index contributed by atoms with van der Waals surface area (Å²) < 4.78 is 6.21. The van der Waals surface area contributed by atoms with Crippen LogP contribution in [0.5, 0.6) is 5.75 Å². The van der Waals surface area contributed by atoms with Crippen LogP contribution >= 0.6 is 27.3 Å². The van der Waals surface area contributed by atoms with Gasteiger partial charge in [-0.1, -0.05) is 12.1 Å². The Morgan fingerprint density at radius 2 is 2.17 bits per heavy atom. The number of amides is 1. The molecule has 118 valence electrons. The van der Waals surface area contributed by atoms with Crippen molar-refractivity contribution < 1.29 is 9.53 Å². The molecule has 0 atom stereocenters. The van der Waals surface area contributed by atoms with Crippen LogP contribution in [-0.2, 0) is 11.3 Å². The van der Waals surface area contributed by atoms with E-state index in [4.69, 9.17) is 10.00 Å². The quantitative estimate of drug-likeness (QED) is 0.698. The van der Waals surface area contributed by atoms with Gasteiger partial charge in [0.2, 0.25) is 5.91 Å². The normalized spacial score (nSPS) is 10.5. The van der Waals surface area contributed by atoms with Crippen molar-refractivity contribution in [3.8, 4) is 11.8 Å². The number of ether oxygens (including phenoxy) is 1. The molecule has 0 unspecified atom stereocenters. The number of carbonyl (C=O) groups excluding carboxylic acids is 1. The van der Waals surface area contributed by atoms with Gasteiger partial charge in [-0.15, -0.1) is 11.3 Å². The first kappa shape index (κ1) is 17.3. The predicted octanol–water partition coefficient (Wildman–Crippen LogP) is 4.08. The van der Waals surface area contributed by atoms with Crippen LogP contribution in [0.1, 0.15) is 10.4 Å². The molecule has 0 bridgehead atoms. The number of rotatable bonds is 6. The lowest BCUT2D eigenvalue weighted by Gasteiger charge is -2.13. The number of nitrogens with zero attached hydrogens (tertiary/aromatic N) is 2. The highest BCUT2D eigenvalue weighted by Gasteiger charge is 2.07. The van der Waals surface area contributed by atoms with Gasteiger partial charge in [0.05, 0.1) is 6.54 Å². The van der Waals surface area contributed by atoms with Crippen LogP contribution in [0.3, 0.4) is 0 Å². The Balaban J connectivity index is 1.90. The topological polar surface area (TPSA) is 53.3 Å². The largest absolute Gasteiger partial charge is 0.479 e. The minimum Gasteiger partial charge on any atom is -0.479 e. The number of hydrogen-bond acceptors (Lipinski definition) is 4. The predicted molar refractivity (Wildman–Crippen MR) is 95.1 cm³/mol. The molecule has 2 aromatic rings. The summed E-state index contributed by atoms with van der Waals surface area (Å²) in [6.07, 6.45) is 3.31. The van der Waals surface area contributed by atoms with E-state index < -0.39 is 0 Å². The number of thiophene rings is 1. The lowest BCUT2D eigenvalue weighted by molar-refractivity contribution is -0.125. The molecule has 1 aromatic heterocycles. The number of benzene rings is 1. The van der Waals surface area contributed by atoms with E-state index in [2.05, 4.69) is 15.9 Å². The molecular formula is C17H15BrN2O2S. The molecule has 23 heavy (non-hydrogen) atoms. The summed E-state index contributed by atoms with van der Waals surface area (Å²) in [7, 11) is 1.78. The van der Waals surface area contributed by atoms with Gasteiger partial charge in [-0.05, 0) is 45.8 Å². The van der Waals surface area contributed by atoms with Crippen molar-refractivity contribution in [2.75, 3.05) is 13.7 Å². The van der Waals surface area contributed by atoms with Crippen molar-refractivity contribution in [1.29, 1.82) is 5.26 Å². The minimum atomic E-state index is -0.0562. The Hall–Kier alpha value is -2.10. The van der Waals surface area contributed by atoms with E-state index in [9.17, 15) is 4.79 Å². The number of carbonyl (C=O) groups is 1. The zero-order valence-electron chi connectivity index (χ0n) is 12.5. The average molecular weight is 391 g/mol. The first-order chi connectivity index (χ1) is 11.1. The molecule has 0 aliphatic carbocycles. The van der Waals surface area contributed by atoms with Gasteiger partial charge in [0.1, 0.15) is 11.8 Å². The summed E-state index contributed by atoms with van der Waals surface area (Å²) in [5.74, 6) is 0.578. The van der Waals surface area contributed by atoms with Crippen molar-refractivity contribution in [3.05, 3.63) is 56.7 Å². The molecule has 1 aromatic carbocycles. The monoisotopic (exact) mass is 390 g/mol. The lowest BCUT2D eigenvalue weighted by Crippen LogP contribution is -2.23. The Labute approximate surface area is 147 Å². The summed E-state index contributed by atoms with van der Waals surface area (Å²) in [6.45, 7) is 0.609. The molecule has 2 rings (SSSR count). The first-order valence-electron chi connectivity index (χ1n) is 6.84. The van der Waals surface area contributed by atoms with Gasteiger partial charge in [0.15, 0.2) is 6.61 Å². The van der Waals surface area contributed by atoms with Crippen LogP contribution in [0.4, 0.5) is 0 Å². The van der Waals surface area contributed by atoms with E-state index in [1.54, 1.807) is 47.6 Å². The number of nitriles is 1. The maximum absolute atomic E-state index is 12.1. The van der Waals surface area contributed by atoms with Gasteiger partial charge < -0.3 is 9.64 Å². The van der Waals surface area contributed by atoms with E-state index in [0.29, 0.717) is 12.3 Å². The molecule has 0 aliphatic rings. The highest BCUT2D eigenvalue weighted by molar-refractivity contribution is 9.10. The summed E-state index contributed by atoms with van der Waals surface area (Å²) in [5.41, 5.74) is 0.898. The van der Waals surface area contributed by atoms with Crippen molar-refractivity contribution in [1.82, 2.24) is 4.90 Å². The third-order valence-electron chi connectivity index (χ3n) is 2.99. The fraction of sp³-hybridized carbons (Fsp3) is 0.176. The second kappa shape index (κ2) is 8.51. The number of hydrogen-bond donors (Lipinski definition) is 0. The third kappa shape index (κ3) is 5.55. The van der Waals surface area contributed by atoms with E-state index >= 15 is 0 Å². The molecule has 0 fully saturated rings. The van der Waals surface area contributed by atoms with E-state index in [1.165, 1.54) is 0 Å². The Morgan fingerprint density at radius 1 is 1.43 bits per heavy atom. The third-order valence-corrected chi connectivity index (χ3v) is 4.68. The van der Waals surface area contributed by atoms with E-state index in [-0.39, 0.29) is 12.5 Å². The van der Waals surface area contributed by atoms with E-state index in [1.807, 2.05) is 29.6 Å². The molecule has 1 heterocycles. The SMILES string of the molecule is CN(Cc1cc(Br)cs1)C(=O)C=Cc1ccc(OCC#N)cc1. The minimum absolute atomic E-state index is 0.0251. The number of likely N-dealkylation sites (N-methyl/N-ethyl adjacent to an activating group) is 1. The van der Waals surface area contributed by atoms with Crippen LogP contribution < -0.4 is 4.74 Å². The van der Waals surface area contributed by atoms with Crippen LogP contribution in [0.2, 0.25) is 0 Å². The fourth-order valence-electron chi connectivity index (χ4n) is 1.83. The molecule has 0 spiro atoms. The van der Waals surface area contributed by atoms with Crippen LogP contribution in [0, 0.1) is 11.3 Å². The molecule has 0 radical (unpaired) electrons. The molecule has 0 saturated heterocycles. The summed E-state index contributed by atoms with van der Waals surface area (Å²) in [5, 5.41) is 10.5. The van der Waals surface area contributed by atoms with Crippen molar-refractivity contribution in [3.63, 3.8) is 0 Å². The van der Waals surface area contributed by atoms with Gasteiger partial charge in [-0.25, -0.2) is 0 Å². The van der Waals surface area contributed by atoms with Gasteiger partial charge in [0.25, 0.3) is 0 Å². The molecule has 6 heteroatoms. The van der Waals surface area contributed by atoms with Crippen molar-refractivity contribution >= 4 is 39.2 Å². The smallest absolute Gasteiger partial charge is 0.246 e. The first-order valence-corrected chi connectivity index (χ1v) is 8.51. The summed E-state index contributed by atoms with van der Waals surface area (Å²) in [4.78, 5) is 14.9. The molecule has 1 amide bonds. The second-order valence-electron chi connectivity index (χ2n) is 4.77. The van der Waals surface area contributed by atoms with Crippen LogP contribution in [0.25, 0.3) is 6.08 Å². The summed E-state index contributed by atoms with van der Waals surface area (Å²) in [6, 6.07) is 11.2. The Morgan fingerprint density at radius 3 is 2.78 bits per heavy atom. The lowest BCUT2D eigenvalue weighted by atomic mass is 10.2. The number of halogens is 1. The van der Waals surface area contributed by atoms with Gasteiger partial charge in [0, 0.05) is 27.9 Å². The highest BCUT2D eigenvalue weighted by atomic mass is 79.9. The van der Waals surface area contributed by atoms with Crippen molar-refractivity contribution in [2.24, 2.45) is 0 Å². The van der Waals surface area contributed by atoms with E-state index in [0.717, 1.165) is 14.9 Å². The van der Waals surface area contributed by atoms with Crippen LogP contribution in [-0.4, -0.2) is 24.5 Å². The zero-order valence-corrected chi connectivity index (χ0v) is 14.9.